The van der Waals surface area contributed by atoms with Crippen molar-refractivity contribution >= 4 is 33.2 Å². The number of nitrogens with two attached hydrogens (primary N) is 1. The number of halogens is 2. The molecule has 0 radical (unpaired) electrons. The van der Waals surface area contributed by atoms with Crippen LogP contribution in [0.2, 0.25) is 0 Å². The molecular weight excluding hydrogens is 375 g/mol. The largest absolute Gasteiger partial charge is 0.451 e. The van der Waals surface area contributed by atoms with E-state index in [1.54, 1.807) is 12.1 Å². The molecule has 0 fully saturated rings. The number of rotatable bonds is 3. The van der Waals surface area contributed by atoms with E-state index < -0.39 is 11.7 Å². The highest BCUT2D eigenvalue weighted by Gasteiger charge is 2.14. The minimum absolute atomic E-state index is 0.0310. The summed E-state index contributed by atoms with van der Waals surface area (Å²) < 4.78 is 19.7. The topological polar surface area (TPSA) is 68.3 Å². The lowest BCUT2D eigenvalue weighted by Gasteiger charge is -2.05. The highest BCUT2D eigenvalue weighted by atomic mass is 79.9. The van der Waals surface area contributed by atoms with Crippen molar-refractivity contribution in [3.63, 3.8) is 0 Å². The van der Waals surface area contributed by atoms with Crippen LogP contribution in [0, 0.1) is 12.7 Å². The molecule has 0 spiro atoms. The van der Waals surface area contributed by atoms with Crippen LogP contribution in [-0.4, -0.2) is 5.91 Å². The van der Waals surface area contributed by atoms with E-state index in [-0.39, 0.29) is 11.4 Å². The number of carbonyl (C=O) groups is 1. The second-order valence-electron chi connectivity index (χ2n) is 5.34. The number of aryl methyl sites for hydroxylation is 1. The van der Waals surface area contributed by atoms with Gasteiger partial charge in [0.1, 0.15) is 11.6 Å². The van der Waals surface area contributed by atoms with Crippen LogP contribution in [0.1, 0.15) is 16.1 Å². The molecule has 0 saturated heterocycles. The van der Waals surface area contributed by atoms with E-state index in [2.05, 4.69) is 21.2 Å². The molecule has 0 aliphatic rings. The lowest BCUT2D eigenvalue weighted by Crippen LogP contribution is -2.11. The maximum absolute atomic E-state index is 13.2. The number of nitrogens with one attached hydrogen (secondary N) is 1. The first-order chi connectivity index (χ1) is 11.4. The molecule has 0 atom stereocenters. The van der Waals surface area contributed by atoms with E-state index in [0.717, 1.165) is 15.6 Å². The Hall–Kier alpha value is -2.60. The first kappa shape index (κ1) is 16.3. The molecule has 1 amide bonds. The molecule has 2 aromatic carbocycles. The van der Waals surface area contributed by atoms with E-state index in [4.69, 9.17) is 10.2 Å². The molecule has 0 bridgehead atoms. The first-order valence-corrected chi connectivity index (χ1v) is 7.96. The third-order valence-electron chi connectivity index (χ3n) is 3.47. The second-order valence-corrected chi connectivity index (χ2v) is 6.19. The minimum atomic E-state index is -0.530. The Kier molecular flexibility index (Phi) is 4.40. The van der Waals surface area contributed by atoms with Crippen LogP contribution in [0.25, 0.3) is 11.3 Å². The second kappa shape index (κ2) is 6.49. The zero-order chi connectivity index (χ0) is 17.3. The molecule has 6 heteroatoms. The van der Waals surface area contributed by atoms with Crippen molar-refractivity contribution in [2.24, 2.45) is 0 Å². The number of benzene rings is 2. The number of nitrogen functional groups attached to an aromatic ring is 1. The van der Waals surface area contributed by atoms with E-state index >= 15 is 0 Å². The van der Waals surface area contributed by atoms with Crippen LogP contribution in [0.15, 0.2) is 57.4 Å². The lowest BCUT2D eigenvalue weighted by atomic mass is 10.1. The molecule has 1 aromatic heterocycles. The highest BCUT2D eigenvalue weighted by molar-refractivity contribution is 9.10. The van der Waals surface area contributed by atoms with Crippen LogP contribution < -0.4 is 11.1 Å². The number of anilines is 2. The summed E-state index contributed by atoms with van der Waals surface area (Å²) in [5.41, 5.74) is 7.82. The SMILES string of the molecule is Cc1ccc(-c2ccc(C(=O)Nc3ccc(F)c(N)c3)o2)c(Br)c1. The van der Waals surface area contributed by atoms with Crippen LogP contribution in [0.3, 0.4) is 0 Å². The number of carbonyl (C=O) groups excluding carboxylic acids is 1. The van der Waals surface area contributed by atoms with Crippen molar-refractivity contribution < 1.29 is 13.6 Å². The van der Waals surface area contributed by atoms with Gasteiger partial charge in [-0.3, -0.25) is 4.79 Å². The van der Waals surface area contributed by atoms with Gasteiger partial charge in [0, 0.05) is 15.7 Å². The van der Waals surface area contributed by atoms with Crippen molar-refractivity contribution in [1.82, 2.24) is 0 Å². The van der Waals surface area contributed by atoms with Gasteiger partial charge in [0.15, 0.2) is 5.76 Å². The molecule has 0 saturated carbocycles. The molecule has 122 valence electrons. The predicted octanol–water partition coefficient (Wildman–Crippen LogP) is 4.99. The molecule has 3 N–H and O–H groups in total. The molecule has 24 heavy (non-hydrogen) atoms. The molecular formula is C18H14BrFN2O2. The summed E-state index contributed by atoms with van der Waals surface area (Å²) in [5, 5.41) is 2.62. The van der Waals surface area contributed by atoms with Crippen molar-refractivity contribution in [3.8, 4) is 11.3 Å². The summed E-state index contributed by atoms with van der Waals surface area (Å²) in [4.78, 5) is 12.2. The maximum Gasteiger partial charge on any atom is 0.291 e. The summed E-state index contributed by atoms with van der Waals surface area (Å²) in [6.07, 6.45) is 0. The van der Waals surface area contributed by atoms with Crippen molar-refractivity contribution in [1.29, 1.82) is 0 Å². The molecule has 0 aliphatic carbocycles. The van der Waals surface area contributed by atoms with Crippen molar-refractivity contribution in [3.05, 3.63) is 70.1 Å². The Bertz CT molecular complexity index is 921. The Labute approximate surface area is 146 Å². The Morgan fingerprint density at radius 3 is 2.67 bits per heavy atom. The van der Waals surface area contributed by atoms with Gasteiger partial charge in [-0.05, 0) is 55.0 Å². The van der Waals surface area contributed by atoms with E-state index in [1.165, 1.54) is 18.2 Å². The van der Waals surface area contributed by atoms with Gasteiger partial charge in [-0.2, -0.15) is 0 Å². The molecule has 0 aliphatic heterocycles. The molecule has 4 nitrogen and oxygen atoms in total. The van der Waals surface area contributed by atoms with Crippen LogP contribution in [-0.2, 0) is 0 Å². The molecule has 1 heterocycles. The smallest absolute Gasteiger partial charge is 0.291 e. The Morgan fingerprint density at radius 1 is 1.17 bits per heavy atom. The summed E-state index contributed by atoms with van der Waals surface area (Å²) in [7, 11) is 0. The van der Waals surface area contributed by atoms with Crippen LogP contribution in [0.5, 0.6) is 0 Å². The quantitative estimate of drug-likeness (QED) is 0.620. The molecule has 0 unspecified atom stereocenters. The fourth-order valence-electron chi connectivity index (χ4n) is 2.24. The summed E-state index contributed by atoms with van der Waals surface area (Å²) in [6.45, 7) is 1.99. The predicted molar refractivity (Wildman–Crippen MR) is 95.3 cm³/mol. The van der Waals surface area contributed by atoms with E-state index in [9.17, 15) is 9.18 Å². The number of furan rings is 1. The first-order valence-electron chi connectivity index (χ1n) is 7.17. The van der Waals surface area contributed by atoms with Crippen molar-refractivity contribution in [2.45, 2.75) is 6.92 Å². The van der Waals surface area contributed by atoms with Gasteiger partial charge in [-0.25, -0.2) is 4.39 Å². The summed E-state index contributed by atoms with van der Waals surface area (Å²) in [6, 6.07) is 13.1. The molecule has 3 aromatic rings. The van der Waals surface area contributed by atoms with Gasteiger partial charge in [0.25, 0.3) is 5.91 Å². The summed E-state index contributed by atoms with van der Waals surface area (Å²) in [5.74, 6) is -0.237. The van der Waals surface area contributed by atoms with E-state index in [1.807, 2.05) is 25.1 Å². The zero-order valence-corrected chi connectivity index (χ0v) is 14.4. The molecule has 3 rings (SSSR count). The van der Waals surface area contributed by atoms with E-state index in [0.29, 0.717) is 11.4 Å². The standard InChI is InChI=1S/C18H14BrFN2O2/c1-10-2-4-12(13(19)8-10)16-6-7-17(24-16)18(23)22-11-3-5-14(20)15(21)9-11/h2-9H,21H2,1H3,(H,22,23). The number of hydrogen-bond acceptors (Lipinski definition) is 3. The third kappa shape index (κ3) is 3.33. The Morgan fingerprint density at radius 2 is 1.96 bits per heavy atom. The Balaban J connectivity index is 1.82. The van der Waals surface area contributed by atoms with Gasteiger partial charge < -0.3 is 15.5 Å². The number of amides is 1. The van der Waals surface area contributed by atoms with Gasteiger partial charge in [0.2, 0.25) is 0 Å². The average Bonchev–Trinajstić information content (AvgIpc) is 3.01. The zero-order valence-electron chi connectivity index (χ0n) is 12.8. The van der Waals surface area contributed by atoms with Gasteiger partial charge >= 0.3 is 0 Å². The summed E-state index contributed by atoms with van der Waals surface area (Å²) >= 11 is 3.49. The number of hydrogen-bond donors (Lipinski definition) is 2. The highest BCUT2D eigenvalue weighted by Crippen LogP contribution is 2.30. The monoisotopic (exact) mass is 388 g/mol. The van der Waals surface area contributed by atoms with Gasteiger partial charge in [-0.15, -0.1) is 0 Å². The lowest BCUT2D eigenvalue weighted by molar-refractivity contribution is 0.0997. The van der Waals surface area contributed by atoms with Gasteiger partial charge in [0.05, 0.1) is 5.69 Å². The third-order valence-corrected chi connectivity index (χ3v) is 4.13. The fraction of sp³-hybridized carbons (Fsp3) is 0.0556. The minimum Gasteiger partial charge on any atom is -0.451 e. The average molecular weight is 389 g/mol. The van der Waals surface area contributed by atoms with Crippen molar-refractivity contribution in [2.75, 3.05) is 11.1 Å². The van der Waals surface area contributed by atoms with Crippen LogP contribution in [0.4, 0.5) is 15.8 Å². The fourth-order valence-corrected chi connectivity index (χ4v) is 2.93. The van der Waals surface area contributed by atoms with Crippen LogP contribution >= 0.6 is 15.9 Å². The normalized spacial score (nSPS) is 10.6. The van der Waals surface area contributed by atoms with Gasteiger partial charge in [-0.1, -0.05) is 22.0 Å². The maximum atomic E-state index is 13.2.